The molecular weight excluding hydrogens is 222 g/mol. The van der Waals surface area contributed by atoms with Gasteiger partial charge in [0, 0.05) is 0 Å². The summed E-state index contributed by atoms with van der Waals surface area (Å²) in [5.41, 5.74) is -0.0543. The van der Waals surface area contributed by atoms with E-state index in [0.29, 0.717) is 6.29 Å². The standard InChI is InChI=1S/C9H8ClNO4/c1-14-8-6(10)3-5(9(13)15-2)7(4-12)11-8/h3-4H,1-2H3. The number of rotatable bonds is 3. The fourth-order valence-electron chi connectivity index (χ4n) is 0.992. The number of esters is 1. The highest BCUT2D eigenvalue weighted by atomic mass is 35.5. The van der Waals surface area contributed by atoms with Crippen molar-refractivity contribution in [3.8, 4) is 5.88 Å². The Morgan fingerprint density at radius 2 is 2.20 bits per heavy atom. The number of aromatic nitrogens is 1. The maximum absolute atomic E-state index is 11.2. The molecule has 0 aliphatic carbocycles. The molecule has 0 aliphatic heterocycles. The summed E-state index contributed by atoms with van der Waals surface area (Å²) in [7, 11) is 2.57. The van der Waals surface area contributed by atoms with E-state index in [2.05, 4.69) is 9.72 Å². The van der Waals surface area contributed by atoms with Gasteiger partial charge < -0.3 is 9.47 Å². The molecular formula is C9H8ClNO4. The Morgan fingerprint density at radius 1 is 1.53 bits per heavy atom. The first-order valence-electron chi connectivity index (χ1n) is 3.92. The number of ether oxygens (including phenoxy) is 2. The van der Waals surface area contributed by atoms with Crippen molar-refractivity contribution in [1.82, 2.24) is 4.98 Å². The van der Waals surface area contributed by atoms with Gasteiger partial charge in [-0.3, -0.25) is 4.79 Å². The second kappa shape index (κ2) is 4.75. The van der Waals surface area contributed by atoms with Crippen LogP contribution in [0.3, 0.4) is 0 Å². The fourth-order valence-corrected chi connectivity index (χ4v) is 1.22. The number of methoxy groups -OCH3 is 2. The monoisotopic (exact) mass is 229 g/mol. The van der Waals surface area contributed by atoms with Crippen LogP contribution in [0, 0.1) is 0 Å². The second-order valence-electron chi connectivity index (χ2n) is 2.52. The number of nitrogens with zero attached hydrogens (tertiary/aromatic N) is 1. The van der Waals surface area contributed by atoms with E-state index in [1.807, 2.05) is 0 Å². The molecule has 0 aromatic carbocycles. The van der Waals surface area contributed by atoms with Gasteiger partial charge >= 0.3 is 5.97 Å². The third-order valence-electron chi connectivity index (χ3n) is 1.68. The topological polar surface area (TPSA) is 65.5 Å². The van der Waals surface area contributed by atoms with Crippen LogP contribution < -0.4 is 4.74 Å². The molecule has 6 heteroatoms. The van der Waals surface area contributed by atoms with E-state index in [0.717, 1.165) is 0 Å². The molecule has 0 amide bonds. The van der Waals surface area contributed by atoms with E-state index in [9.17, 15) is 9.59 Å². The molecule has 0 saturated heterocycles. The lowest BCUT2D eigenvalue weighted by molar-refractivity contribution is 0.0597. The molecule has 1 aromatic heterocycles. The number of carbonyl (C=O) groups is 2. The lowest BCUT2D eigenvalue weighted by atomic mass is 10.2. The van der Waals surface area contributed by atoms with Crippen molar-refractivity contribution in [3.05, 3.63) is 22.3 Å². The Labute approximate surface area is 91.0 Å². The SMILES string of the molecule is COC(=O)c1cc(Cl)c(OC)nc1C=O. The molecule has 1 heterocycles. The first-order chi connectivity index (χ1) is 7.13. The van der Waals surface area contributed by atoms with Crippen molar-refractivity contribution in [2.45, 2.75) is 0 Å². The maximum atomic E-state index is 11.2. The molecule has 0 unspecified atom stereocenters. The summed E-state index contributed by atoms with van der Waals surface area (Å²) in [6, 6.07) is 1.28. The number of carbonyl (C=O) groups excluding carboxylic acids is 2. The molecule has 0 bridgehead atoms. The third-order valence-corrected chi connectivity index (χ3v) is 1.95. The lowest BCUT2D eigenvalue weighted by Crippen LogP contribution is -2.08. The van der Waals surface area contributed by atoms with Crippen LogP contribution in [0.1, 0.15) is 20.8 Å². The first kappa shape index (κ1) is 11.5. The zero-order valence-corrected chi connectivity index (χ0v) is 8.87. The highest BCUT2D eigenvalue weighted by Crippen LogP contribution is 2.24. The molecule has 0 atom stereocenters. The Bertz CT molecular complexity index is 405. The van der Waals surface area contributed by atoms with E-state index in [-0.39, 0.29) is 22.2 Å². The molecule has 0 spiro atoms. The third kappa shape index (κ3) is 2.24. The number of halogens is 1. The average Bonchev–Trinajstić information content (AvgIpc) is 2.27. The van der Waals surface area contributed by atoms with Crippen LogP contribution in [0.25, 0.3) is 0 Å². The fraction of sp³-hybridized carbons (Fsp3) is 0.222. The van der Waals surface area contributed by atoms with E-state index in [1.54, 1.807) is 0 Å². The minimum absolute atomic E-state index is 0.0123. The van der Waals surface area contributed by atoms with Crippen LogP contribution in [0.2, 0.25) is 5.02 Å². The molecule has 0 aliphatic rings. The molecule has 0 N–H and O–H groups in total. The van der Waals surface area contributed by atoms with Gasteiger partial charge in [0.05, 0.1) is 19.8 Å². The van der Waals surface area contributed by atoms with Crippen LogP contribution in [-0.4, -0.2) is 31.5 Å². The molecule has 0 fully saturated rings. The Hall–Kier alpha value is -1.62. The quantitative estimate of drug-likeness (QED) is 0.578. The number of hydrogen-bond acceptors (Lipinski definition) is 5. The van der Waals surface area contributed by atoms with Crippen molar-refractivity contribution in [3.63, 3.8) is 0 Å². The van der Waals surface area contributed by atoms with Crippen molar-refractivity contribution >= 4 is 23.9 Å². The van der Waals surface area contributed by atoms with E-state index >= 15 is 0 Å². The van der Waals surface area contributed by atoms with Gasteiger partial charge in [-0.15, -0.1) is 0 Å². The minimum atomic E-state index is -0.672. The zero-order valence-electron chi connectivity index (χ0n) is 8.11. The smallest absolute Gasteiger partial charge is 0.340 e. The Balaban J connectivity index is 3.33. The predicted octanol–water partition coefficient (Wildman–Crippen LogP) is 1.34. The van der Waals surface area contributed by atoms with Gasteiger partial charge in [0.25, 0.3) is 0 Å². The summed E-state index contributed by atoms with van der Waals surface area (Å²) in [6.07, 6.45) is 0.436. The summed E-state index contributed by atoms with van der Waals surface area (Å²) < 4.78 is 9.27. The molecule has 80 valence electrons. The van der Waals surface area contributed by atoms with Crippen LogP contribution in [0.15, 0.2) is 6.07 Å². The molecule has 0 saturated carbocycles. The average molecular weight is 230 g/mol. The van der Waals surface area contributed by atoms with Crippen LogP contribution in [-0.2, 0) is 4.74 Å². The molecule has 0 radical (unpaired) electrons. The van der Waals surface area contributed by atoms with E-state index < -0.39 is 5.97 Å². The van der Waals surface area contributed by atoms with Crippen molar-refractivity contribution in [2.24, 2.45) is 0 Å². The number of aldehydes is 1. The van der Waals surface area contributed by atoms with Gasteiger partial charge in [0.1, 0.15) is 10.7 Å². The van der Waals surface area contributed by atoms with Gasteiger partial charge in [0.15, 0.2) is 6.29 Å². The zero-order chi connectivity index (χ0) is 11.4. The van der Waals surface area contributed by atoms with Gasteiger partial charge in [-0.25, -0.2) is 9.78 Å². The second-order valence-corrected chi connectivity index (χ2v) is 2.93. The molecule has 1 rings (SSSR count). The summed E-state index contributed by atoms with van der Waals surface area (Å²) in [5.74, 6) is -0.583. The summed E-state index contributed by atoms with van der Waals surface area (Å²) in [6.45, 7) is 0. The molecule has 5 nitrogen and oxygen atoms in total. The van der Waals surface area contributed by atoms with Gasteiger partial charge in [-0.2, -0.15) is 0 Å². The largest absolute Gasteiger partial charge is 0.480 e. The van der Waals surface area contributed by atoms with Crippen LogP contribution >= 0.6 is 11.6 Å². The maximum Gasteiger partial charge on any atom is 0.340 e. The van der Waals surface area contributed by atoms with Gasteiger partial charge in [-0.1, -0.05) is 11.6 Å². The number of hydrogen-bond donors (Lipinski definition) is 0. The highest BCUT2D eigenvalue weighted by molar-refractivity contribution is 6.32. The lowest BCUT2D eigenvalue weighted by Gasteiger charge is -2.06. The molecule has 1 aromatic rings. The Morgan fingerprint density at radius 3 is 2.67 bits per heavy atom. The summed E-state index contributed by atoms with van der Waals surface area (Å²) in [4.78, 5) is 25.6. The van der Waals surface area contributed by atoms with Crippen molar-refractivity contribution in [2.75, 3.05) is 14.2 Å². The Kier molecular flexibility index (Phi) is 3.62. The van der Waals surface area contributed by atoms with Gasteiger partial charge in [-0.05, 0) is 6.07 Å². The predicted molar refractivity (Wildman–Crippen MR) is 52.5 cm³/mol. The van der Waals surface area contributed by atoms with E-state index in [4.69, 9.17) is 16.3 Å². The normalized spacial score (nSPS) is 9.53. The van der Waals surface area contributed by atoms with Crippen molar-refractivity contribution < 1.29 is 19.1 Å². The first-order valence-corrected chi connectivity index (χ1v) is 4.29. The van der Waals surface area contributed by atoms with Gasteiger partial charge in [0.2, 0.25) is 5.88 Å². The van der Waals surface area contributed by atoms with Crippen molar-refractivity contribution in [1.29, 1.82) is 0 Å². The summed E-state index contributed by atoms with van der Waals surface area (Å²) >= 11 is 5.75. The molecule has 15 heavy (non-hydrogen) atoms. The van der Waals surface area contributed by atoms with Crippen LogP contribution in [0.4, 0.5) is 0 Å². The summed E-state index contributed by atoms with van der Waals surface area (Å²) in [5, 5.41) is 0.142. The van der Waals surface area contributed by atoms with Crippen LogP contribution in [0.5, 0.6) is 5.88 Å². The number of pyridine rings is 1. The van der Waals surface area contributed by atoms with E-state index in [1.165, 1.54) is 20.3 Å². The minimum Gasteiger partial charge on any atom is -0.480 e. The highest BCUT2D eigenvalue weighted by Gasteiger charge is 2.16.